The summed E-state index contributed by atoms with van der Waals surface area (Å²) >= 11 is 0. The van der Waals surface area contributed by atoms with E-state index in [1.165, 1.54) is 64.5 Å². The zero-order valence-electron chi connectivity index (χ0n) is 13.9. The highest BCUT2D eigenvalue weighted by Gasteiger charge is 2.41. The zero-order chi connectivity index (χ0) is 14.6. The van der Waals surface area contributed by atoms with Gasteiger partial charge < -0.3 is 10.6 Å². The van der Waals surface area contributed by atoms with Crippen LogP contribution in [-0.2, 0) is 0 Å². The molecule has 2 N–H and O–H groups in total. The topological polar surface area (TPSA) is 32.5 Å². The van der Waals surface area contributed by atoms with Gasteiger partial charge in [0, 0.05) is 24.7 Å². The smallest absolute Gasteiger partial charge is 0.0332 e. The number of piperidine rings is 1. The van der Waals surface area contributed by atoms with Gasteiger partial charge in [0.25, 0.3) is 0 Å². The number of likely N-dealkylation sites (tertiary alicyclic amines) is 1. The summed E-state index contributed by atoms with van der Waals surface area (Å²) in [6.45, 7) is 5.66. The second kappa shape index (κ2) is 7.24. The Kier molecular flexibility index (Phi) is 5.88. The Hall–Kier alpha value is -0.120. The molecule has 118 valence electrons. The molecule has 1 atom stereocenters. The fraction of sp³-hybridized carbons (Fsp3) is 1.00. The van der Waals surface area contributed by atoms with Gasteiger partial charge >= 0.3 is 0 Å². The molecule has 0 radical (unpaired) electrons. The number of hydrogen-bond donors (Lipinski definition) is 1. The summed E-state index contributed by atoms with van der Waals surface area (Å²) in [7, 11) is 4.45. The fourth-order valence-corrected chi connectivity index (χ4v) is 4.37. The minimum absolute atomic E-state index is 0.318. The van der Waals surface area contributed by atoms with Crippen LogP contribution in [0.1, 0.15) is 58.3 Å². The average molecular weight is 281 g/mol. The molecule has 0 amide bonds. The highest BCUT2D eigenvalue weighted by molar-refractivity contribution is 4.98. The van der Waals surface area contributed by atoms with Crippen molar-refractivity contribution in [2.75, 3.05) is 33.7 Å². The Morgan fingerprint density at radius 1 is 1.20 bits per heavy atom. The van der Waals surface area contributed by atoms with E-state index < -0.39 is 0 Å². The van der Waals surface area contributed by atoms with Gasteiger partial charge in [-0.2, -0.15) is 0 Å². The number of hydrogen-bond acceptors (Lipinski definition) is 3. The van der Waals surface area contributed by atoms with E-state index in [0.717, 1.165) is 18.5 Å². The quantitative estimate of drug-likeness (QED) is 0.841. The van der Waals surface area contributed by atoms with Gasteiger partial charge in [0.05, 0.1) is 0 Å². The van der Waals surface area contributed by atoms with E-state index >= 15 is 0 Å². The molecular formula is C17H35N3. The number of nitrogens with zero attached hydrogens (tertiary/aromatic N) is 2. The van der Waals surface area contributed by atoms with Crippen molar-refractivity contribution in [1.82, 2.24) is 9.80 Å². The highest BCUT2D eigenvalue weighted by atomic mass is 15.3. The summed E-state index contributed by atoms with van der Waals surface area (Å²) in [5.41, 5.74) is 6.57. The lowest BCUT2D eigenvalue weighted by molar-refractivity contribution is 0.00151. The van der Waals surface area contributed by atoms with E-state index in [0.29, 0.717) is 5.54 Å². The predicted octanol–water partition coefficient (Wildman–Crippen LogP) is 2.70. The van der Waals surface area contributed by atoms with E-state index in [4.69, 9.17) is 5.73 Å². The maximum atomic E-state index is 6.25. The predicted molar refractivity (Wildman–Crippen MR) is 86.9 cm³/mol. The Morgan fingerprint density at radius 3 is 2.45 bits per heavy atom. The molecule has 1 unspecified atom stereocenters. The molecule has 0 aromatic rings. The maximum Gasteiger partial charge on any atom is 0.0332 e. The Bertz CT molecular complexity index is 282. The zero-order valence-corrected chi connectivity index (χ0v) is 13.9. The van der Waals surface area contributed by atoms with Crippen LogP contribution >= 0.6 is 0 Å². The van der Waals surface area contributed by atoms with Crippen LogP contribution in [0.4, 0.5) is 0 Å². The monoisotopic (exact) mass is 281 g/mol. The van der Waals surface area contributed by atoms with Crippen LogP contribution in [0, 0.1) is 5.92 Å². The van der Waals surface area contributed by atoms with Crippen molar-refractivity contribution in [3.8, 4) is 0 Å². The van der Waals surface area contributed by atoms with Crippen molar-refractivity contribution in [3.63, 3.8) is 0 Å². The molecule has 2 rings (SSSR count). The molecule has 20 heavy (non-hydrogen) atoms. The lowest BCUT2D eigenvalue weighted by Gasteiger charge is -2.51. The normalized spacial score (nSPS) is 36.5. The molecule has 1 saturated heterocycles. The molecule has 0 bridgehead atoms. The third-order valence-electron chi connectivity index (χ3n) is 5.91. The van der Waals surface area contributed by atoms with Gasteiger partial charge in [-0.25, -0.2) is 0 Å². The van der Waals surface area contributed by atoms with Gasteiger partial charge in [-0.05, 0) is 65.1 Å². The van der Waals surface area contributed by atoms with Crippen molar-refractivity contribution in [2.24, 2.45) is 11.7 Å². The maximum absolute atomic E-state index is 6.25. The Morgan fingerprint density at radius 2 is 1.90 bits per heavy atom. The third-order valence-corrected chi connectivity index (χ3v) is 5.91. The van der Waals surface area contributed by atoms with Gasteiger partial charge in [-0.3, -0.25) is 4.90 Å². The van der Waals surface area contributed by atoms with Gasteiger partial charge in [-0.1, -0.05) is 19.8 Å². The van der Waals surface area contributed by atoms with E-state index in [9.17, 15) is 0 Å². The molecule has 1 aliphatic heterocycles. The van der Waals surface area contributed by atoms with Crippen LogP contribution < -0.4 is 5.73 Å². The first-order chi connectivity index (χ1) is 9.61. The number of nitrogens with two attached hydrogens (primary N) is 1. The number of likely N-dealkylation sites (N-methyl/N-ethyl adjacent to an activating group) is 1. The third kappa shape index (κ3) is 3.55. The summed E-state index contributed by atoms with van der Waals surface area (Å²) in [5.74, 6) is 0.967. The minimum atomic E-state index is 0.318. The number of rotatable bonds is 5. The SMILES string of the molecule is CCCC1CCC(CN)(N2CCCC(N(C)C)C2)CC1. The lowest BCUT2D eigenvalue weighted by Crippen LogP contribution is -2.60. The largest absolute Gasteiger partial charge is 0.329 e. The van der Waals surface area contributed by atoms with E-state index in [2.05, 4.69) is 30.8 Å². The first kappa shape index (κ1) is 16.3. The molecular weight excluding hydrogens is 246 g/mol. The molecule has 0 aromatic carbocycles. The van der Waals surface area contributed by atoms with Gasteiger partial charge in [0.2, 0.25) is 0 Å². The first-order valence-electron chi connectivity index (χ1n) is 8.73. The molecule has 3 nitrogen and oxygen atoms in total. The van der Waals surface area contributed by atoms with E-state index in [1.807, 2.05) is 0 Å². The van der Waals surface area contributed by atoms with Crippen molar-refractivity contribution < 1.29 is 0 Å². The van der Waals surface area contributed by atoms with Crippen LogP contribution in [0.25, 0.3) is 0 Å². The van der Waals surface area contributed by atoms with Crippen LogP contribution in [0.2, 0.25) is 0 Å². The second-order valence-corrected chi connectivity index (χ2v) is 7.37. The highest BCUT2D eigenvalue weighted by Crippen LogP contribution is 2.39. The second-order valence-electron chi connectivity index (χ2n) is 7.37. The van der Waals surface area contributed by atoms with Gasteiger partial charge in [0.1, 0.15) is 0 Å². The van der Waals surface area contributed by atoms with Crippen molar-refractivity contribution in [3.05, 3.63) is 0 Å². The minimum Gasteiger partial charge on any atom is -0.329 e. The summed E-state index contributed by atoms with van der Waals surface area (Å²) in [5, 5.41) is 0. The summed E-state index contributed by atoms with van der Waals surface area (Å²) in [6, 6.07) is 0.723. The van der Waals surface area contributed by atoms with Crippen LogP contribution in [0.3, 0.4) is 0 Å². The Labute approximate surface area is 125 Å². The van der Waals surface area contributed by atoms with Crippen LogP contribution in [0.15, 0.2) is 0 Å². The molecule has 1 heterocycles. The lowest BCUT2D eigenvalue weighted by atomic mass is 9.73. The summed E-state index contributed by atoms with van der Waals surface area (Å²) in [6.07, 6.45) is 10.9. The molecule has 1 saturated carbocycles. The first-order valence-corrected chi connectivity index (χ1v) is 8.73. The van der Waals surface area contributed by atoms with Crippen molar-refractivity contribution >= 4 is 0 Å². The van der Waals surface area contributed by atoms with Gasteiger partial charge in [-0.15, -0.1) is 0 Å². The summed E-state index contributed by atoms with van der Waals surface area (Å²) < 4.78 is 0. The molecule has 1 aliphatic carbocycles. The molecule has 2 fully saturated rings. The van der Waals surface area contributed by atoms with E-state index in [-0.39, 0.29) is 0 Å². The van der Waals surface area contributed by atoms with Gasteiger partial charge in [0.15, 0.2) is 0 Å². The van der Waals surface area contributed by atoms with Crippen LogP contribution in [-0.4, -0.2) is 55.1 Å². The Balaban J connectivity index is 1.97. The fourth-order valence-electron chi connectivity index (χ4n) is 4.37. The van der Waals surface area contributed by atoms with E-state index in [1.54, 1.807) is 0 Å². The van der Waals surface area contributed by atoms with Crippen molar-refractivity contribution in [2.45, 2.75) is 69.9 Å². The van der Waals surface area contributed by atoms with Crippen molar-refractivity contribution in [1.29, 1.82) is 0 Å². The average Bonchev–Trinajstić information content (AvgIpc) is 2.49. The standard InChI is InChI=1S/C17H35N3/c1-4-6-15-8-10-17(14-18,11-9-15)20-12-5-7-16(13-20)19(2)3/h15-16H,4-14,18H2,1-3H3. The molecule has 0 aromatic heterocycles. The molecule has 2 aliphatic rings. The molecule has 3 heteroatoms. The molecule has 0 spiro atoms. The summed E-state index contributed by atoms with van der Waals surface area (Å²) in [4.78, 5) is 5.16. The van der Waals surface area contributed by atoms with Crippen LogP contribution in [0.5, 0.6) is 0 Å².